The van der Waals surface area contributed by atoms with Crippen molar-refractivity contribution in [2.75, 3.05) is 13.7 Å². The van der Waals surface area contributed by atoms with E-state index < -0.39 is 5.97 Å². The summed E-state index contributed by atoms with van der Waals surface area (Å²) >= 11 is 1.54. The largest absolute Gasteiger partial charge is 0.489 e. The third-order valence-electron chi connectivity index (χ3n) is 6.12. The third-order valence-corrected chi connectivity index (χ3v) is 7.33. The highest BCUT2D eigenvalue weighted by molar-refractivity contribution is 7.14. The molecule has 0 radical (unpaired) electrons. The molecule has 0 spiro atoms. The van der Waals surface area contributed by atoms with Gasteiger partial charge >= 0.3 is 11.9 Å². The Morgan fingerprint density at radius 1 is 1.14 bits per heavy atom. The lowest BCUT2D eigenvalue weighted by Crippen LogP contribution is -2.29. The lowest BCUT2D eigenvalue weighted by molar-refractivity contribution is -0.137. The summed E-state index contributed by atoms with van der Waals surface area (Å²) in [6.07, 6.45) is 0.915. The number of carbonyl (C=O) groups is 2. The Labute approximate surface area is 215 Å². The molecule has 1 N–H and O–H groups in total. The first-order valence-corrected chi connectivity index (χ1v) is 12.6. The van der Waals surface area contributed by atoms with Gasteiger partial charge in [0.1, 0.15) is 17.2 Å². The van der Waals surface area contributed by atoms with Crippen molar-refractivity contribution in [3.63, 3.8) is 0 Å². The van der Waals surface area contributed by atoms with E-state index in [0.717, 1.165) is 42.9 Å². The molecule has 2 heterocycles. The van der Waals surface area contributed by atoms with Crippen LogP contribution in [-0.2, 0) is 35.6 Å². The minimum Gasteiger partial charge on any atom is -0.489 e. The molecule has 1 aromatic heterocycles. The van der Waals surface area contributed by atoms with Crippen molar-refractivity contribution < 1.29 is 24.2 Å². The Morgan fingerprint density at radius 3 is 2.64 bits per heavy atom. The van der Waals surface area contributed by atoms with Gasteiger partial charge < -0.3 is 14.6 Å². The van der Waals surface area contributed by atoms with Crippen LogP contribution >= 0.6 is 11.3 Å². The molecule has 6 nitrogen and oxygen atoms in total. The van der Waals surface area contributed by atoms with E-state index in [9.17, 15) is 9.59 Å². The van der Waals surface area contributed by atoms with Crippen LogP contribution in [0.3, 0.4) is 0 Å². The average molecular weight is 504 g/mol. The Morgan fingerprint density at radius 2 is 1.92 bits per heavy atom. The zero-order valence-corrected chi connectivity index (χ0v) is 21.3. The topological polar surface area (TPSA) is 76.1 Å². The first-order chi connectivity index (χ1) is 17.4. The molecule has 3 aromatic rings. The predicted octanol–water partition coefficient (Wildman–Crippen LogP) is 5.25. The summed E-state index contributed by atoms with van der Waals surface area (Å²) in [6, 6.07) is 17.8. The summed E-state index contributed by atoms with van der Waals surface area (Å²) < 4.78 is 10.9. The van der Waals surface area contributed by atoms with E-state index in [1.54, 1.807) is 6.92 Å². The predicted molar refractivity (Wildman–Crippen MR) is 139 cm³/mol. The maximum Gasteiger partial charge on any atom is 0.348 e. The molecule has 0 saturated carbocycles. The SMILES string of the molecule is CC#C[C@@H](CC(=O)O)c1ccc(OCc2cccc(CN3CCc4sc(C(=O)OC)cc4C3)c2)cc1. The van der Waals surface area contributed by atoms with Crippen molar-refractivity contribution in [3.05, 3.63) is 86.6 Å². The van der Waals surface area contributed by atoms with Crippen LogP contribution in [0, 0.1) is 11.8 Å². The van der Waals surface area contributed by atoms with Gasteiger partial charge in [-0.25, -0.2) is 4.79 Å². The van der Waals surface area contributed by atoms with E-state index in [1.807, 2.05) is 42.5 Å². The van der Waals surface area contributed by atoms with Crippen molar-refractivity contribution in [3.8, 4) is 17.6 Å². The number of thiophene rings is 1. The second kappa shape index (κ2) is 11.9. The number of carboxylic acid groups (broad SMARTS) is 1. The number of rotatable bonds is 9. The van der Waals surface area contributed by atoms with Crippen molar-refractivity contribution in [1.82, 2.24) is 4.90 Å². The number of esters is 1. The van der Waals surface area contributed by atoms with Gasteiger partial charge in [-0.15, -0.1) is 17.3 Å². The fourth-order valence-corrected chi connectivity index (χ4v) is 5.45. The fourth-order valence-electron chi connectivity index (χ4n) is 4.37. The molecule has 0 fully saturated rings. The van der Waals surface area contributed by atoms with Crippen LogP contribution in [0.15, 0.2) is 54.6 Å². The monoisotopic (exact) mass is 503 g/mol. The highest BCUT2D eigenvalue weighted by Gasteiger charge is 2.22. The quantitative estimate of drug-likeness (QED) is 0.317. The van der Waals surface area contributed by atoms with E-state index in [-0.39, 0.29) is 18.3 Å². The molecule has 0 aliphatic carbocycles. The van der Waals surface area contributed by atoms with Gasteiger partial charge in [0.25, 0.3) is 0 Å². The molecule has 0 saturated heterocycles. The highest BCUT2D eigenvalue weighted by Crippen LogP contribution is 2.29. The Bertz CT molecular complexity index is 1280. The molecule has 4 rings (SSSR count). The molecule has 186 valence electrons. The lowest BCUT2D eigenvalue weighted by Gasteiger charge is -2.26. The summed E-state index contributed by atoms with van der Waals surface area (Å²) in [4.78, 5) is 27.3. The van der Waals surface area contributed by atoms with Crippen LogP contribution in [0.4, 0.5) is 0 Å². The third kappa shape index (κ3) is 6.54. The van der Waals surface area contributed by atoms with Crippen molar-refractivity contribution in [2.45, 2.75) is 45.4 Å². The molecule has 1 aliphatic rings. The summed E-state index contributed by atoms with van der Waals surface area (Å²) in [5.41, 5.74) is 4.38. The molecular formula is C29H29NO5S. The molecule has 2 aromatic carbocycles. The smallest absolute Gasteiger partial charge is 0.348 e. The number of carboxylic acids is 1. The molecule has 0 amide bonds. The number of fused-ring (bicyclic) bond motifs is 1. The van der Waals surface area contributed by atoms with Crippen LogP contribution < -0.4 is 4.74 Å². The van der Waals surface area contributed by atoms with E-state index in [0.29, 0.717) is 11.5 Å². The molecular weight excluding hydrogens is 474 g/mol. The van der Waals surface area contributed by atoms with Gasteiger partial charge in [0.15, 0.2) is 0 Å². The van der Waals surface area contributed by atoms with Gasteiger partial charge in [-0.1, -0.05) is 42.3 Å². The summed E-state index contributed by atoms with van der Waals surface area (Å²) in [6.45, 7) is 4.76. The standard InChI is InChI=1S/C29H29NO5S/c1-3-5-23(16-28(31)32)22-8-10-25(11-9-22)35-19-21-7-4-6-20(14-21)17-30-13-12-26-24(18-30)15-27(36-26)29(33)34-2/h4,6-11,14-15,23H,12-13,16-19H2,1-2H3,(H,31,32)/t23-/m0/s1. The molecule has 0 unspecified atom stereocenters. The number of nitrogens with zero attached hydrogens (tertiary/aromatic N) is 1. The van der Waals surface area contributed by atoms with Gasteiger partial charge in [-0.05, 0) is 53.8 Å². The highest BCUT2D eigenvalue weighted by atomic mass is 32.1. The number of ether oxygens (including phenoxy) is 2. The van der Waals surface area contributed by atoms with Crippen LogP contribution in [0.2, 0.25) is 0 Å². The summed E-state index contributed by atoms with van der Waals surface area (Å²) in [5.74, 6) is 5.05. The van der Waals surface area contributed by atoms with Gasteiger partial charge in [0.05, 0.1) is 19.4 Å². The number of carbonyl (C=O) groups excluding carboxylic acids is 1. The summed E-state index contributed by atoms with van der Waals surface area (Å²) in [7, 11) is 1.42. The zero-order chi connectivity index (χ0) is 25.5. The van der Waals surface area contributed by atoms with Gasteiger partial charge in [0.2, 0.25) is 0 Å². The number of aliphatic carboxylic acids is 1. The van der Waals surface area contributed by atoms with Crippen LogP contribution in [0.25, 0.3) is 0 Å². The maximum atomic E-state index is 11.9. The Kier molecular flexibility index (Phi) is 8.42. The van der Waals surface area contributed by atoms with E-state index in [4.69, 9.17) is 14.6 Å². The Hall–Kier alpha value is -3.60. The average Bonchev–Trinajstić information content (AvgIpc) is 3.31. The first kappa shape index (κ1) is 25.5. The maximum absolute atomic E-state index is 11.9. The van der Waals surface area contributed by atoms with E-state index >= 15 is 0 Å². The first-order valence-electron chi connectivity index (χ1n) is 11.8. The molecule has 0 bridgehead atoms. The van der Waals surface area contributed by atoms with Crippen molar-refractivity contribution >= 4 is 23.3 Å². The zero-order valence-electron chi connectivity index (χ0n) is 20.5. The molecule has 36 heavy (non-hydrogen) atoms. The summed E-state index contributed by atoms with van der Waals surface area (Å²) in [5, 5.41) is 9.12. The van der Waals surface area contributed by atoms with Gasteiger partial charge in [-0.3, -0.25) is 9.69 Å². The number of hydrogen-bond donors (Lipinski definition) is 1. The lowest BCUT2D eigenvalue weighted by atomic mass is 9.96. The van der Waals surface area contributed by atoms with E-state index in [1.165, 1.54) is 34.5 Å². The number of methoxy groups -OCH3 is 1. The fraction of sp³-hybridized carbons (Fsp3) is 0.310. The Balaban J connectivity index is 1.34. The van der Waals surface area contributed by atoms with Crippen LogP contribution in [-0.4, -0.2) is 35.6 Å². The molecule has 1 atom stereocenters. The van der Waals surface area contributed by atoms with Crippen molar-refractivity contribution in [2.24, 2.45) is 0 Å². The second-order valence-corrected chi connectivity index (χ2v) is 9.87. The van der Waals surface area contributed by atoms with E-state index in [2.05, 4.69) is 28.9 Å². The van der Waals surface area contributed by atoms with Crippen molar-refractivity contribution in [1.29, 1.82) is 0 Å². The number of benzene rings is 2. The minimum absolute atomic E-state index is 0.0228. The molecule has 7 heteroatoms. The van der Waals surface area contributed by atoms with Gasteiger partial charge in [0, 0.05) is 24.5 Å². The molecule has 1 aliphatic heterocycles. The van der Waals surface area contributed by atoms with Crippen LogP contribution in [0.5, 0.6) is 5.75 Å². The van der Waals surface area contributed by atoms with Gasteiger partial charge in [-0.2, -0.15) is 0 Å². The normalized spacial score (nSPS) is 13.7. The van der Waals surface area contributed by atoms with Crippen LogP contribution in [0.1, 0.15) is 56.1 Å². The second-order valence-electron chi connectivity index (χ2n) is 8.73. The minimum atomic E-state index is -0.866. The number of hydrogen-bond acceptors (Lipinski definition) is 6.